The summed E-state index contributed by atoms with van der Waals surface area (Å²) >= 11 is 12.2. The van der Waals surface area contributed by atoms with Crippen molar-refractivity contribution in [3.8, 4) is 0 Å². The molecule has 9 heteroatoms. The summed E-state index contributed by atoms with van der Waals surface area (Å²) in [5.41, 5.74) is 1.59. The number of sulfonamides is 1. The summed E-state index contributed by atoms with van der Waals surface area (Å²) < 4.78 is 30.8. The highest BCUT2D eigenvalue weighted by Gasteiger charge is 2.21. The van der Waals surface area contributed by atoms with E-state index in [2.05, 4.69) is 4.72 Å². The number of anilines is 1. The number of aromatic nitrogens is 2. The molecule has 1 heterocycles. The lowest BCUT2D eigenvalue weighted by atomic mass is 10.2. The van der Waals surface area contributed by atoms with Gasteiger partial charge in [0.25, 0.3) is 10.0 Å². The molecule has 0 aliphatic rings. The van der Waals surface area contributed by atoms with Gasteiger partial charge in [-0.1, -0.05) is 29.3 Å². The monoisotopic (exact) mass is 399 g/mol. The number of hydrogen-bond acceptors (Lipinski definition) is 3. The molecule has 0 atom stereocenters. The maximum atomic E-state index is 12.7. The highest BCUT2D eigenvalue weighted by Crippen LogP contribution is 2.31. The van der Waals surface area contributed by atoms with Crippen LogP contribution in [0.3, 0.4) is 0 Å². The number of fused-ring (bicyclic) bond motifs is 1. The van der Waals surface area contributed by atoms with Gasteiger partial charge in [-0.25, -0.2) is 13.2 Å². The number of nitrogens with one attached hydrogen (secondary N) is 1. The summed E-state index contributed by atoms with van der Waals surface area (Å²) in [6.07, 6.45) is 0. The van der Waals surface area contributed by atoms with E-state index in [1.54, 1.807) is 39.2 Å². The van der Waals surface area contributed by atoms with Gasteiger partial charge in [-0.15, -0.1) is 0 Å². The zero-order chi connectivity index (χ0) is 18.5. The molecule has 3 aromatic rings. The zero-order valence-corrected chi connectivity index (χ0v) is 16.0. The van der Waals surface area contributed by atoms with Crippen LogP contribution in [0.15, 0.2) is 40.0 Å². The van der Waals surface area contributed by atoms with Crippen LogP contribution in [0, 0.1) is 6.92 Å². The Morgan fingerprint density at radius 1 is 1.00 bits per heavy atom. The SMILES string of the molecule is Cc1c(Cl)cccc1S(=O)(=O)Nc1cc2c(cc1Cl)n(C)c(=O)n2C. The van der Waals surface area contributed by atoms with Gasteiger partial charge < -0.3 is 0 Å². The molecular weight excluding hydrogens is 385 g/mol. The normalized spacial score (nSPS) is 11.9. The van der Waals surface area contributed by atoms with Crippen molar-refractivity contribution in [2.24, 2.45) is 14.1 Å². The van der Waals surface area contributed by atoms with Gasteiger partial charge in [0.2, 0.25) is 0 Å². The van der Waals surface area contributed by atoms with Gasteiger partial charge >= 0.3 is 5.69 Å². The minimum Gasteiger partial charge on any atom is -0.295 e. The Morgan fingerprint density at radius 3 is 2.24 bits per heavy atom. The summed E-state index contributed by atoms with van der Waals surface area (Å²) in [4.78, 5) is 12.1. The molecule has 0 aliphatic carbocycles. The molecule has 2 aromatic carbocycles. The van der Waals surface area contributed by atoms with Gasteiger partial charge in [0.15, 0.2) is 0 Å². The topological polar surface area (TPSA) is 73.1 Å². The molecular formula is C16H15Cl2N3O3S. The molecule has 132 valence electrons. The molecule has 1 N–H and O–H groups in total. The van der Waals surface area contributed by atoms with Crippen LogP contribution < -0.4 is 10.4 Å². The fourth-order valence-electron chi connectivity index (χ4n) is 2.68. The van der Waals surface area contributed by atoms with Gasteiger partial charge in [-0.2, -0.15) is 0 Å². The number of imidazole rings is 1. The highest BCUT2D eigenvalue weighted by atomic mass is 35.5. The van der Waals surface area contributed by atoms with E-state index >= 15 is 0 Å². The second kappa shape index (κ2) is 6.09. The van der Waals surface area contributed by atoms with E-state index in [0.29, 0.717) is 21.6 Å². The highest BCUT2D eigenvalue weighted by molar-refractivity contribution is 7.92. The van der Waals surface area contributed by atoms with Crippen molar-refractivity contribution in [3.05, 3.63) is 56.4 Å². The number of benzene rings is 2. The van der Waals surface area contributed by atoms with Gasteiger partial charge in [0.1, 0.15) is 0 Å². The second-order valence-electron chi connectivity index (χ2n) is 5.69. The van der Waals surface area contributed by atoms with E-state index in [4.69, 9.17) is 23.2 Å². The van der Waals surface area contributed by atoms with Gasteiger partial charge in [-0.3, -0.25) is 13.9 Å². The van der Waals surface area contributed by atoms with Crippen molar-refractivity contribution in [1.29, 1.82) is 0 Å². The number of halogens is 2. The molecule has 0 saturated carbocycles. The van der Waals surface area contributed by atoms with Crippen molar-refractivity contribution in [2.45, 2.75) is 11.8 Å². The number of aryl methyl sites for hydroxylation is 2. The van der Waals surface area contributed by atoms with Crippen LogP contribution in [-0.2, 0) is 24.1 Å². The third kappa shape index (κ3) is 2.92. The lowest BCUT2D eigenvalue weighted by molar-refractivity contribution is 0.600. The molecule has 1 aromatic heterocycles. The van der Waals surface area contributed by atoms with E-state index in [-0.39, 0.29) is 21.3 Å². The van der Waals surface area contributed by atoms with E-state index in [0.717, 1.165) is 0 Å². The summed E-state index contributed by atoms with van der Waals surface area (Å²) in [6, 6.07) is 7.75. The van der Waals surface area contributed by atoms with Gasteiger partial charge in [0.05, 0.1) is 26.6 Å². The number of hydrogen-bond donors (Lipinski definition) is 1. The van der Waals surface area contributed by atoms with Crippen LogP contribution >= 0.6 is 23.2 Å². The molecule has 0 unspecified atom stereocenters. The van der Waals surface area contributed by atoms with Crippen LogP contribution in [0.4, 0.5) is 5.69 Å². The Kier molecular flexibility index (Phi) is 4.35. The number of nitrogens with zero attached hydrogens (tertiary/aromatic N) is 2. The Hall–Kier alpha value is -1.96. The Bertz CT molecular complexity index is 1160. The molecule has 0 amide bonds. The Balaban J connectivity index is 2.14. The minimum atomic E-state index is -3.89. The lowest BCUT2D eigenvalue weighted by Crippen LogP contribution is -2.19. The molecule has 3 rings (SSSR count). The molecule has 0 spiro atoms. The standard InChI is InChI=1S/C16H15Cl2N3O3S/c1-9-10(17)5-4-6-15(9)25(23,24)19-12-8-14-13(7-11(12)18)20(2)16(22)21(14)3/h4-8,19H,1-3H3. The third-order valence-corrected chi connectivity index (χ3v) is 6.34. The average Bonchev–Trinajstić information content (AvgIpc) is 2.75. The molecule has 0 saturated heterocycles. The Morgan fingerprint density at radius 2 is 1.60 bits per heavy atom. The van der Waals surface area contributed by atoms with Crippen molar-refractivity contribution >= 4 is 49.9 Å². The second-order valence-corrected chi connectivity index (χ2v) is 8.16. The summed E-state index contributed by atoms with van der Waals surface area (Å²) in [7, 11) is -0.653. The quantitative estimate of drug-likeness (QED) is 0.733. The molecule has 25 heavy (non-hydrogen) atoms. The predicted molar refractivity (Wildman–Crippen MR) is 100 cm³/mol. The predicted octanol–water partition coefficient (Wildman–Crippen LogP) is 3.29. The molecule has 0 radical (unpaired) electrons. The minimum absolute atomic E-state index is 0.0677. The fourth-order valence-corrected chi connectivity index (χ4v) is 4.51. The molecule has 0 fully saturated rings. The molecule has 6 nitrogen and oxygen atoms in total. The van der Waals surface area contributed by atoms with Crippen LogP contribution in [0.25, 0.3) is 11.0 Å². The van der Waals surface area contributed by atoms with Gasteiger partial charge in [-0.05, 0) is 36.8 Å². The largest absolute Gasteiger partial charge is 0.328 e. The zero-order valence-electron chi connectivity index (χ0n) is 13.7. The van der Waals surface area contributed by atoms with E-state index in [1.807, 2.05) is 0 Å². The lowest BCUT2D eigenvalue weighted by Gasteiger charge is -2.13. The summed E-state index contributed by atoms with van der Waals surface area (Å²) in [5.74, 6) is 0. The van der Waals surface area contributed by atoms with Crippen LogP contribution in [-0.4, -0.2) is 17.6 Å². The summed E-state index contributed by atoms with van der Waals surface area (Å²) in [6.45, 7) is 1.63. The van der Waals surface area contributed by atoms with E-state index in [1.165, 1.54) is 21.3 Å². The van der Waals surface area contributed by atoms with E-state index < -0.39 is 10.0 Å². The first-order valence-corrected chi connectivity index (χ1v) is 9.50. The maximum absolute atomic E-state index is 12.7. The fraction of sp³-hybridized carbons (Fsp3) is 0.188. The van der Waals surface area contributed by atoms with Gasteiger partial charge in [0, 0.05) is 19.1 Å². The molecule has 0 aliphatic heterocycles. The van der Waals surface area contributed by atoms with Crippen LogP contribution in [0.1, 0.15) is 5.56 Å². The first kappa shape index (κ1) is 17.8. The van der Waals surface area contributed by atoms with Crippen LogP contribution in [0.2, 0.25) is 10.0 Å². The smallest absolute Gasteiger partial charge is 0.295 e. The first-order valence-electron chi connectivity index (χ1n) is 7.26. The Labute approximate surface area is 154 Å². The van der Waals surface area contributed by atoms with Crippen molar-refractivity contribution in [2.75, 3.05) is 4.72 Å². The maximum Gasteiger partial charge on any atom is 0.328 e. The van der Waals surface area contributed by atoms with Crippen molar-refractivity contribution in [3.63, 3.8) is 0 Å². The van der Waals surface area contributed by atoms with Crippen molar-refractivity contribution < 1.29 is 8.42 Å². The van der Waals surface area contributed by atoms with Crippen molar-refractivity contribution in [1.82, 2.24) is 9.13 Å². The average molecular weight is 400 g/mol. The van der Waals surface area contributed by atoms with E-state index in [9.17, 15) is 13.2 Å². The first-order chi connectivity index (χ1) is 11.6. The molecule has 0 bridgehead atoms. The third-order valence-electron chi connectivity index (χ3n) is 4.11. The number of rotatable bonds is 3. The summed E-state index contributed by atoms with van der Waals surface area (Å²) in [5, 5.41) is 0.548. The van der Waals surface area contributed by atoms with Crippen LogP contribution in [0.5, 0.6) is 0 Å².